The maximum Gasteiger partial charge on any atom is 0.573 e. The van der Waals surface area contributed by atoms with Crippen LogP contribution in [0.1, 0.15) is 45.4 Å². The van der Waals surface area contributed by atoms with Crippen LogP contribution < -0.4 is 9.46 Å². The van der Waals surface area contributed by atoms with Crippen LogP contribution in [0.5, 0.6) is 5.75 Å². The number of ether oxygens (including phenoxy) is 2. The lowest BCUT2D eigenvalue weighted by Gasteiger charge is -2.37. The van der Waals surface area contributed by atoms with Gasteiger partial charge in [-0.2, -0.15) is 0 Å². The Balaban J connectivity index is 2.76. The summed E-state index contributed by atoms with van der Waals surface area (Å²) < 4.78 is 76.9. The molecule has 12 heteroatoms. The summed E-state index contributed by atoms with van der Waals surface area (Å²) in [4.78, 5) is 16.9. The van der Waals surface area contributed by atoms with Crippen molar-refractivity contribution in [2.75, 3.05) is 6.61 Å². The van der Waals surface area contributed by atoms with Crippen molar-refractivity contribution in [1.29, 1.82) is 0 Å². The van der Waals surface area contributed by atoms with Crippen molar-refractivity contribution in [2.45, 2.75) is 50.8 Å². The first-order valence-corrected chi connectivity index (χ1v) is 11.7. The molecular formula is C21H23BrF4N2O4S. The number of nitrogens with one attached hydrogen (secondary N) is 1. The molecular weight excluding hydrogens is 532 g/mol. The zero-order valence-electron chi connectivity index (χ0n) is 18.3. The molecule has 1 N–H and O–H groups in total. The molecule has 0 saturated heterocycles. The second-order valence-corrected chi connectivity index (χ2v) is 10.7. The summed E-state index contributed by atoms with van der Waals surface area (Å²) in [6, 6.07) is 5.94. The summed E-state index contributed by atoms with van der Waals surface area (Å²) >= 11 is 1.53. The Morgan fingerprint density at radius 1 is 1.24 bits per heavy atom. The first-order valence-electron chi connectivity index (χ1n) is 9.71. The molecule has 1 heterocycles. The molecule has 0 unspecified atom stereocenters. The van der Waals surface area contributed by atoms with Crippen LogP contribution in [0.25, 0.3) is 0 Å². The Morgan fingerprint density at radius 3 is 2.42 bits per heavy atom. The van der Waals surface area contributed by atoms with E-state index in [1.54, 1.807) is 39.8 Å². The Labute approximate surface area is 200 Å². The molecule has 0 aliphatic rings. The van der Waals surface area contributed by atoms with E-state index in [2.05, 4.69) is 30.4 Å². The zero-order chi connectivity index (χ0) is 25.0. The number of carbonyl (C=O) groups is 1. The second kappa shape index (κ2) is 10.6. The maximum atomic E-state index is 14.7. The highest BCUT2D eigenvalue weighted by molar-refractivity contribution is 9.10. The van der Waals surface area contributed by atoms with E-state index in [1.165, 1.54) is 6.20 Å². The number of nitrogens with zero attached hydrogens (tertiary/aromatic N) is 1. The van der Waals surface area contributed by atoms with Gasteiger partial charge < -0.3 is 14.0 Å². The number of benzene rings is 1. The standard InChI is InChI=1S/C21H23BrF4N2O4S/c1-5-31-17(29)12-20(28-33(30)19(2,3)4,18-14(22)7-6-10-27-18)13-8-9-16(15(23)11-13)32-21(24,25)26/h6-11,28H,5,12H2,1-4H3/t20-,33+/m0/s1. The van der Waals surface area contributed by atoms with Crippen molar-refractivity contribution < 1.29 is 36.4 Å². The molecule has 182 valence electrons. The van der Waals surface area contributed by atoms with E-state index in [0.29, 0.717) is 4.47 Å². The van der Waals surface area contributed by atoms with E-state index in [1.807, 2.05) is 0 Å². The van der Waals surface area contributed by atoms with Crippen molar-refractivity contribution in [3.05, 3.63) is 58.1 Å². The number of pyridine rings is 1. The second-order valence-electron chi connectivity index (χ2n) is 7.90. The van der Waals surface area contributed by atoms with Gasteiger partial charge in [0.05, 0.1) is 18.7 Å². The topological polar surface area (TPSA) is 83.5 Å². The minimum atomic E-state index is -5.10. The average molecular weight is 555 g/mol. The van der Waals surface area contributed by atoms with E-state index in [9.17, 15) is 26.9 Å². The average Bonchev–Trinajstić information content (AvgIpc) is 2.67. The third kappa shape index (κ3) is 7.05. The van der Waals surface area contributed by atoms with E-state index in [0.717, 1.165) is 18.2 Å². The molecule has 0 amide bonds. The summed E-state index contributed by atoms with van der Waals surface area (Å²) in [6.45, 7) is 6.69. The minimum absolute atomic E-state index is 0.000391. The molecule has 0 bridgehead atoms. The maximum absolute atomic E-state index is 14.7. The predicted molar refractivity (Wildman–Crippen MR) is 118 cm³/mol. The van der Waals surface area contributed by atoms with Gasteiger partial charge in [-0.25, -0.2) is 4.39 Å². The fourth-order valence-electron chi connectivity index (χ4n) is 2.88. The van der Waals surface area contributed by atoms with Crippen molar-refractivity contribution in [3.63, 3.8) is 0 Å². The van der Waals surface area contributed by atoms with Crippen molar-refractivity contribution in [3.8, 4) is 5.75 Å². The van der Waals surface area contributed by atoms with Gasteiger partial charge in [0.2, 0.25) is 0 Å². The van der Waals surface area contributed by atoms with Gasteiger partial charge in [0, 0.05) is 22.0 Å². The van der Waals surface area contributed by atoms with Gasteiger partial charge in [0.25, 0.3) is 0 Å². The zero-order valence-corrected chi connectivity index (χ0v) is 20.7. The van der Waals surface area contributed by atoms with Crippen LogP contribution in [0.4, 0.5) is 17.6 Å². The van der Waals surface area contributed by atoms with Crippen LogP contribution in [0.2, 0.25) is 0 Å². The van der Waals surface area contributed by atoms with Crippen molar-refractivity contribution in [1.82, 2.24) is 9.71 Å². The number of halogens is 5. The molecule has 0 aliphatic carbocycles. The van der Waals surface area contributed by atoms with Crippen LogP contribution in [-0.2, 0) is 26.4 Å². The van der Waals surface area contributed by atoms with Gasteiger partial charge in [0.15, 0.2) is 11.6 Å². The normalized spacial score (nSPS) is 15.0. The number of esters is 1. The largest absolute Gasteiger partial charge is 0.598 e. The van der Waals surface area contributed by atoms with Crippen molar-refractivity contribution in [2.24, 2.45) is 0 Å². The summed E-state index contributed by atoms with van der Waals surface area (Å²) in [5.74, 6) is -3.09. The molecule has 0 spiro atoms. The van der Waals surface area contributed by atoms with Gasteiger partial charge in [-0.1, -0.05) is 6.07 Å². The summed E-state index contributed by atoms with van der Waals surface area (Å²) in [5.41, 5.74) is -1.55. The molecule has 33 heavy (non-hydrogen) atoms. The highest BCUT2D eigenvalue weighted by atomic mass is 79.9. The Morgan fingerprint density at radius 2 is 1.91 bits per heavy atom. The molecule has 0 radical (unpaired) electrons. The number of carbonyl (C=O) groups excluding carboxylic acids is 1. The Bertz CT molecular complexity index is 987. The lowest BCUT2D eigenvalue weighted by Crippen LogP contribution is -2.53. The third-order valence-electron chi connectivity index (χ3n) is 4.35. The van der Waals surface area contributed by atoms with Crippen LogP contribution in [0.15, 0.2) is 41.0 Å². The first-order chi connectivity index (χ1) is 15.2. The molecule has 0 aliphatic heterocycles. The predicted octanol–water partition coefficient (Wildman–Crippen LogP) is 5.13. The van der Waals surface area contributed by atoms with Gasteiger partial charge >= 0.3 is 12.3 Å². The van der Waals surface area contributed by atoms with Crippen LogP contribution in [0, 0.1) is 5.82 Å². The van der Waals surface area contributed by atoms with E-state index >= 15 is 0 Å². The van der Waals surface area contributed by atoms with E-state index < -0.39 is 52.0 Å². The van der Waals surface area contributed by atoms with E-state index in [4.69, 9.17) is 4.74 Å². The van der Waals surface area contributed by atoms with Gasteiger partial charge in [-0.15, -0.1) is 17.9 Å². The highest BCUT2D eigenvalue weighted by Crippen LogP contribution is 2.40. The number of alkyl halides is 3. The van der Waals surface area contributed by atoms with Crippen LogP contribution >= 0.6 is 15.9 Å². The quantitative estimate of drug-likeness (QED) is 0.276. The summed E-state index contributed by atoms with van der Waals surface area (Å²) in [5, 5.41) is 0. The fraction of sp³-hybridized carbons (Fsp3) is 0.429. The van der Waals surface area contributed by atoms with Gasteiger partial charge in [0.1, 0.15) is 10.3 Å². The fourth-order valence-corrected chi connectivity index (χ4v) is 4.38. The SMILES string of the molecule is CCOC(=O)C[C@](N[S@+]([O-])C(C)(C)C)(c1ccc(OC(F)(F)F)c(F)c1)c1ncccc1Br. The molecule has 0 saturated carbocycles. The Kier molecular flexibility index (Phi) is 8.77. The number of hydrogen-bond donors (Lipinski definition) is 1. The summed E-state index contributed by atoms with van der Waals surface area (Å²) in [7, 11) is 0. The van der Waals surface area contributed by atoms with E-state index in [-0.39, 0.29) is 17.9 Å². The molecule has 1 aromatic carbocycles. The molecule has 1 aromatic heterocycles. The number of rotatable bonds is 8. The Hall–Kier alpha value is -1.89. The monoisotopic (exact) mass is 554 g/mol. The molecule has 2 rings (SSSR count). The minimum Gasteiger partial charge on any atom is -0.598 e. The highest BCUT2D eigenvalue weighted by Gasteiger charge is 2.47. The van der Waals surface area contributed by atoms with Crippen LogP contribution in [0.3, 0.4) is 0 Å². The lowest BCUT2D eigenvalue weighted by atomic mass is 9.84. The molecule has 0 fully saturated rings. The number of aromatic nitrogens is 1. The lowest BCUT2D eigenvalue weighted by molar-refractivity contribution is -0.275. The van der Waals surface area contributed by atoms with Gasteiger partial charge in [-0.05, 0) is 73.5 Å². The molecule has 2 aromatic rings. The smallest absolute Gasteiger partial charge is 0.573 e. The summed E-state index contributed by atoms with van der Waals surface area (Å²) in [6.07, 6.45) is -4.16. The molecule has 2 atom stereocenters. The van der Waals surface area contributed by atoms with Gasteiger partial charge in [-0.3, -0.25) is 9.78 Å². The number of hydrogen-bond acceptors (Lipinski definition) is 6. The molecule has 6 nitrogen and oxygen atoms in total. The first kappa shape index (κ1) is 27.4. The third-order valence-corrected chi connectivity index (χ3v) is 6.64. The van der Waals surface area contributed by atoms with Crippen LogP contribution in [-0.4, -0.2) is 33.2 Å². The van der Waals surface area contributed by atoms with Crippen molar-refractivity contribution >= 4 is 33.3 Å².